The quantitative estimate of drug-likeness (QED) is 0.428. The van der Waals surface area contributed by atoms with Crippen molar-refractivity contribution in [2.24, 2.45) is 11.8 Å². The Hall–Kier alpha value is -1.94. The summed E-state index contributed by atoms with van der Waals surface area (Å²) >= 11 is 0. The highest BCUT2D eigenvalue weighted by Gasteiger charge is 2.39. The fourth-order valence-corrected chi connectivity index (χ4v) is 8.19. The lowest BCUT2D eigenvalue weighted by molar-refractivity contribution is -0.136. The molecule has 5 rings (SSSR count). The van der Waals surface area contributed by atoms with E-state index in [9.17, 15) is 23.5 Å². The maximum atomic E-state index is 13.0. The number of nitrogens with zero attached hydrogens (tertiary/aromatic N) is 1. The van der Waals surface area contributed by atoms with Gasteiger partial charge in [0.15, 0.2) is 0 Å². The first kappa shape index (κ1) is 25.7. The lowest BCUT2D eigenvalue weighted by Gasteiger charge is -2.43. The minimum atomic E-state index is -2.35. The molecule has 8 nitrogen and oxygen atoms in total. The van der Waals surface area contributed by atoms with Crippen molar-refractivity contribution in [3.05, 3.63) is 34.9 Å². The zero-order valence-electron chi connectivity index (χ0n) is 21.1. The van der Waals surface area contributed by atoms with Crippen molar-refractivity contribution in [2.45, 2.75) is 89.4 Å². The monoisotopic (exact) mass is 517 g/mol. The number of hydrogen-bond acceptors (Lipinski definition) is 6. The van der Waals surface area contributed by atoms with Gasteiger partial charge in [0.2, 0.25) is 11.8 Å². The van der Waals surface area contributed by atoms with Crippen LogP contribution < -0.4 is 10.6 Å². The lowest BCUT2D eigenvalue weighted by atomic mass is 9.79. The van der Waals surface area contributed by atoms with Crippen LogP contribution in [0, 0.1) is 11.8 Å². The Balaban J connectivity index is 1.22. The van der Waals surface area contributed by atoms with Gasteiger partial charge in [0.1, 0.15) is 6.04 Å². The van der Waals surface area contributed by atoms with Crippen LogP contribution in [-0.2, 0) is 22.6 Å². The standard InChI is InChI=1S/C27H39N3O5S/c1-17(19-10-12-36(34,35)13-11-19)28-23-5-3-2-4-20(23)14-18-6-7-22-21(15-18)16-30(27(22)33)24-8-9-25(31)29-26(24)32/h6-7,15,17,19-20,23-24,28,34-35H,2-5,8-14,16H2,1H3,(H,29,31,32)/t17?,20-,23+,24?/m1/s1. The second kappa shape index (κ2) is 10.4. The van der Waals surface area contributed by atoms with Crippen LogP contribution in [0.1, 0.15) is 79.8 Å². The number of fused-ring (bicyclic) bond motifs is 1. The third-order valence-electron chi connectivity index (χ3n) is 8.81. The summed E-state index contributed by atoms with van der Waals surface area (Å²) in [5.41, 5.74) is 2.86. The van der Waals surface area contributed by atoms with Gasteiger partial charge in [0, 0.05) is 42.1 Å². The molecule has 1 aliphatic carbocycles. The zero-order valence-corrected chi connectivity index (χ0v) is 21.9. The van der Waals surface area contributed by atoms with E-state index in [2.05, 4.69) is 29.7 Å². The van der Waals surface area contributed by atoms with E-state index in [1.807, 2.05) is 6.07 Å². The van der Waals surface area contributed by atoms with Gasteiger partial charge in [0.05, 0.1) is 0 Å². The third kappa shape index (κ3) is 5.49. The molecule has 3 amide bonds. The van der Waals surface area contributed by atoms with Gasteiger partial charge in [-0.05, 0) is 74.5 Å². The maximum Gasteiger partial charge on any atom is 0.255 e. The minimum Gasteiger partial charge on any atom is -0.322 e. The number of carbonyl (C=O) groups is 3. The zero-order chi connectivity index (χ0) is 25.4. The Labute approximate surface area is 214 Å². The molecular weight excluding hydrogens is 478 g/mol. The molecule has 0 bridgehead atoms. The van der Waals surface area contributed by atoms with Crippen LogP contribution >= 0.6 is 10.6 Å². The second-order valence-corrected chi connectivity index (χ2v) is 13.7. The van der Waals surface area contributed by atoms with E-state index in [1.54, 1.807) is 4.90 Å². The van der Waals surface area contributed by atoms with Crippen molar-refractivity contribution in [1.82, 2.24) is 15.5 Å². The van der Waals surface area contributed by atoms with Gasteiger partial charge in [-0.1, -0.05) is 25.0 Å². The molecule has 0 spiro atoms. The van der Waals surface area contributed by atoms with Crippen LogP contribution in [0.25, 0.3) is 0 Å². The summed E-state index contributed by atoms with van der Waals surface area (Å²) in [6.45, 7) is 2.66. The number of piperidine rings is 1. The number of hydrogen-bond donors (Lipinski definition) is 4. The molecule has 1 saturated carbocycles. The van der Waals surface area contributed by atoms with Gasteiger partial charge < -0.3 is 10.2 Å². The van der Waals surface area contributed by atoms with Crippen LogP contribution in [0.4, 0.5) is 0 Å². The summed E-state index contributed by atoms with van der Waals surface area (Å²) in [7, 11) is -2.35. The van der Waals surface area contributed by atoms with Gasteiger partial charge in [0.25, 0.3) is 5.91 Å². The van der Waals surface area contributed by atoms with Crippen LogP contribution in [0.3, 0.4) is 0 Å². The molecule has 3 heterocycles. The number of benzene rings is 1. The Morgan fingerprint density at radius 3 is 2.58 bits per heavy atom. The molecule has 198 valence electrons. The first-order valence-corrected chi connectivity index (χ1v) is 15.3. The number of carbonyl (C=O) groups excluding carboxylic acids is 3. The fourth-order valence-electron chi connectivity index (χ4n) is 6.63. The van der Waals surface area contributed by atoms with Crippen molar-refractivity contribution < 1.29 is 23.5 Å². The molecule has 3 fully saturated rings. The first-order valence-electron chi connectivity index (χ1n) is 13.5. The van der Waals surface area contributed by atoms with E-state index in [1.165, 1.54) is 24.8 Å². The van der Waals surface area contributed by atoms with Gasteiger partial charge >= 0.3 is 0 Å². The summed E-state index contributed by atoms with van der Waals surface area (Å²) in [4.78, 5) is 38.5. The van der Waals surface area contributed by atoms with Crippen molar-refractivity contribution in [3.63, 3.8) is 0 Å². The van der Waals surface area contributed by atoms with E-state index >= 15 is 0 Å². The molecule has 9 heteroatoms. The van der Waals surface area contributed by atoms with Crippen molar-refractivity contribution >= 4 is 28.3 Å². The highest BCUT2D eigenvalue weighted by Crippen LogP contribution is 2.46. The van der Waals surface area contributed by atoms with E-state index in [0.717, 1.165) is 31.2 Å². The number of imide groups is 1. The molecule has 4 atom stereocenters. The van der Waals surface area contributed by atoms with E-state index in [0.29, 0.717) is 54.0 Å². The minimum absolute atomic E-state index is 0.124. The lowest BCUT2D eigenvalue weighted by Crippen LogP contribution is -2.52. The summed E-state index contributed by atoms with van der Waals surface area (Å²) in [6.07, 6.45) is 8.13. The number of rotatable bonds is 6. The van der Waals surface area contributed by atoms with Crippen LogP contribution in [0.2, 0.25) is 0 Å². The SMILES string of the molecule is CC(N[C@H]1CCCC[C@@H]1Cc1ccc2c(c1)CN(C1CCC(=O)NC1=O)C2=O)C1CCS(O)(O)CC1. The van der Waals surface area contributed by atoms with E-state index in [-0.39, 0.29) is 24.1 Å². The molecule has 4 N–H and O–H groups in total. The van der Waals surface area contributed by atoms with Gasteiger partial charge in [-0.3, -0.25) is 28.8 Å². The molecule has 1 aromatic rings. The Morgan fingerprint density at radius 2 is 1.83 bits per heavy atom. The van der Waals surface area contributed by atoms with Gasteiger partial charge in [-0.15, -0.1) is 0 Å². The van der Waals surface area contributed by atoms with Crippen LogP contribution in [0.15, 0.2) is 18.2 Å². The predicted octanol–water partition coefficient (Wildman–Crippen LogP) is 3.69. The molecule has 36 heavy (non-hydrogen) atoms. The fraction of sp³-hybridized carbons (Fsp3) is 0.667. The molecule has 2 unspecified atom stereocenters. The Kier molecular flexibility index (Phi) is 7.45. The van der Waals surface area contributed by atoms with Gasteiger partial charge in [-0.25, -0.2) is 0 Å². The molecule has 0 radical (unpaired) electrons. The van der Waals surface area contributed by atoms with E-state index in [4.69, 9.17) is 0 Å². The van der Waals surface area contributed by atoms with Crippen molar-refractivity contribution in [2.75, 3.05) is 11.5 Å². The van der Waals surface area contributed by atoms with Crippen LogP contribution in [0.5, 0.6) is 0 Å². The smallest absolute Gasteiger partial charge is 0.255 e. The maximum absolute atomic E-state index is 13.0. The molecule has 0 aromatic heterocycles. The summed E-state index contributed by atoms with van der Waals surface area (Å²) in [6, 6.07) is 6.32. The number of amides is 3. The van der Waals surface area contributed by atoms with Crippen molar-refractivity contribution in [3.8, 4) is 0 Å². The molecule has 4 aliphatic rings. The molecular formula is C27H39N3O5S. The van der Waals surface area contributed by atoms with Gasteiger partial charge in [-0.2, -0.15) is 10.6 Å². The topological polar surface area (TPSA) is 119 Å². The first-order chi connectivity index (χ1) is 17.2. The Morgan fingerprint density at radius 1 is 1.08 bits per heavy atom. The average molecular weight is 518 g/mol. The third-order valence-corrected chi connectivity index (χ3v) is 10.6. The second-order valence-electron chi connectivity index (χ2n) is 11.2. The largest absolute Gasteiger partial charge is 0.322 e. The van der Waals surface area contributed by atoms with E-state index < -0.39 is 16.6 Å². The highest BCUT2D eigenvalue weighted by molar-refractivity contribution is 8.24. The predicted molar refractivity (Wildman–Crippen MR) is 140 cm³/mol. The molecule has 2 saturated heterocycles. The van der Waals surface area contributed by atoms with Crippen molar-refractivity contribution in [1.29, 1.82) is 0 Å². The average Bonchev–Trinajstić information content (AvgIpc) is 3.15. The highest BCUT2D eigenvalue weighted by atomic mass is 32.3. The molecule has 3 aliphatic heterocycles. The number of nitrogens with one attached hydrogen (secondary N) is 2. The normalized spacial score (nSPS) is 30.6. The molecule has 1 aromatic carbocycles. The van der Waals surface area contributed by atoms with Crippen LogP contribution in [-0.4, -0.2) is 61.4 Å². The summed E-state index contributed by atoms with van der Waals surface area (Å²) < 4.78 is 19.9. The summed E-state index contributed by atoms with van der Waals surface area (Å²) in [5.74, 6) is 1.29. The summed E-state index contributed by atoms with van der Waals surface area (Å²) in [5, 5.41) is 6.28. The Bertz CT molecular complexity index is 1020.